The van der Waals surface area contributed by atoms with Crippen LogP contribution in [0.5, 0.6) is 5.75 Å². The second-order valence-corrected chi connectivity index (χ2v) is 5.50. The lowest BCUT2D eigenvalue weighted by Crippen LogP contribution is -2.03. The number of phenols is 1. The fourth-order valence-corrected chi connectivity index (χ4v) is 2.48. The van der Waals surface area contributed by atoms with Gasteiger partial charge in [-0.25, -0.2) is 0 Å². The third kappa shape index (κ3) is 3.28. The van der Waals surface area contributed by atoms with Gasteiger partial charge in [-0.05, 0) is 37.3 Å². The molecule has 0 bridgehead atoms. The van der Waals surface area contributed by atoms with Crippen molar-refractivity contribution < 1.29 is 27.5 Å². The number of ketones is 1. The van der Waals surface area contributed by atoms with Crippen LogP contribution in [0, 0.1) is 0 Å². The molecule has 0 aliphatic rings. The fraction of sp³-hybridized carbons (Fsp3) is 0.105. The average molecular weight is 346 g/mol. The molecule has 0 saturated carbocycles. The summed E-state index contributed by atoms with van der Waals surface area (Å²) >= 11 is 0. The van der Waals surface area contributed by atoms with Gasteiger partial charge in [0.2, 0.25) is 0 Å². The quantitative estimate of drug-likeness (QED) is 0.634. The summed E-state index contributed by atoms with van der Waals surface area (Å²) in [7, 11) is 0. The molecule has 2 aromatic carbocycles. The monoisotopic (exact) mass is 346 g/mol. The molecule has 0 radical (unpaired) electrons. The van der Waals surface area contributed by atoms with E-state index < -0.39 is 11.7 Å². The van der Waals surface area contributed by atoms with Crippen LogP contribution in [0.1, 0.15) is 22.8 Å². The number of aromatic hydroxyl groups is 1. The molecule has 25 heavy (non-hydrogen) atoms. The number of halogens is 3. The van der Waals surface area contributed by atoms with Crippen LogP contribution in [0.25, 0.3) is 22.6 Å². The molecule has 0 aliphatic carbocycles. The van der Waals surface area contributed by atoms with E-state index >= 15 is 0 Å². The van der Waals surface area contributed by atoms with Gasteiger partial charge in [0, 0.05) is 5.56 Å². The highest BCUT2D eigenvalue weighted by Gasteiger charge is 2.30. The number of hydrogen-bond acceptors (Lipinski definition) is 3. The first-order valence-corrected chi connectivity index (χ1v) is 7.38. The minimum atomic E-state index is -4.42. The Labute approximate surface area is 141 Å². The largest absolute Gasteiger partial charge is 0.507 e. The van der Waals surface area contributed by atoms with Gasteiger partial charge in [0.05, 0.1) is 16.7 Å². The lowest BCUT2D eigenvalue weighted by molar-refractivity contribution is -0.137. The topological polar surface area (TPSA) is 50.4 Å². The van der Waals surface area contributed by atoms with E-state index in [0.29, 0.717) is 11.1 Å². The van der Waals surface area contributed by atoms with Gasteiger partial charge < -0.3 is 9.52 Å². The van der Waals surface area contributed by atoms with E-state index in [0.717, 1.165) is 12.1 Å². The van der Waals surface area contributed by atoms with Gasteiger partial charge in [0.1, 0.15) is 17.3 Å². The van der Waals surface area contributed by atoms with Crippen molar-refractivity contribution >= 4 is 5.78 Å². The minimum Gasteiger partial charge on any atom is -0.507 e. The highest BCUT2D eigenvalue weighted by atomic mass is 19.4. The zero-order valence-corrected chi connectivity index (χ0v) is 13.1. The molecule has 3 rings (SSSR count). The van der Waals surface area contributed by atoms with Crippen LogP contribution in [0.3, 0.4) is 0 Å². The van der Waals surface area contributed by atoms with Crippen molar-refractivity contribution in [3.05, 3.63) is 65.7 Å². The highest BCUT2D eigenvalue weighted by molar-refractivity contribution is 6.01. The molecule has 1 aromatic heterocycles. The summed E-state index contributed by atoms with van der Waals surface area (Å²) in [6.45, 7) is 1.35. The van der Waals surface area contributed by atoms with Gasteiger partial charge in [-0.15, -0.1) is 0 Å². The fourth-order valence-electron chi connectivity index (χ4n) is 2.48. The van der Waals surface area contributed by atoms with Gasteiger partial charge in [0.15, 0.2) is 5.78 Å². The number of Topliss-reactive ketones (excluding diaryl/α,β-unsaturated/α-hetero) is 1. The first-order chi connectivity index (χ1) is 11.8. The van der Waals surface area contributed by atoms with E-state index in [9.17, 15) is 23.1 Å². The van der Waals surface area contributed by atoms with Crippen molar-refractivity contribution in [1.82, 2.24) is 0 Å². The molecule has 3 nitrogen and oxygen atoms in total. The Morgan fingerprint density at radius 2 is 1.68 bits per heavy atom. The Morgan fingerprint density at radius 1 is 1.04 bits per heavy atom. The summed E-state index contributed by atoms with van der Waals surface area (Å²) in [6, 6.07) is 12.3. The number of alkyl halides is 3. The summed E-state index contributed by atoms with van der Waals surface area (Å²) in [5, 5.41) is 9.98. The molecule has 0 saturated heterocycles. The molecule has 0 spiro atoms. The summed E-state index contributed by atoms with van der Waals surface area (Å²) in [4.78, 5) is 11.9. The van der Waals surface area contributed by atoms with Crippen LogP contribution in [0.4, 0.5) is 13.2 Å². The van der Waals surface area contributed by atoms with Crippen molar-refractivity contribution in [1.29, 1.82) is 0 Å². The molecule has 0 unspecified atom stereocenters. The maximum atomic E-state index is 12.7. The third-order valence-corrected chi connectivity index (χ3v) is 3.76. The van der Waals surface area contributed by atoms with E-state index in [1.165, 1.54) is 31.2 Å². The predicted octanol–water partition coefficient (Wildman–Crippen LogP) is 5.54. The molecule has 0 aliphatic heterocycles. The van der Waals surface area contributed by atoms with Gasteiger partial charge >= 0.3 is 6.18 Å². The van der Waals surface area contributed by atoms with E-state index in [1.807, 2.05) is 0 Å². The van der Waals surface area contributed by atoms with Crippen molar-refractivity contribution in [2.24, 2.45) is 0 Å². The normalized spacial score (nSPS) is 11.5. The van der Waals surface area contributed by atoms with Crippen molar-refractivity contribution in [3.63, 3.8) is 0 Å². The van der Waals surface area contributed by atoms with E-state index in [1.54, 1.807) is 18.2 Å². The Kier molecular flexibility index (Phi) is 4.12. The van der Waals surface area contributed by atoms with Crippen molar-refractivity contribution in [2.75, 3.05) is 0 Å². The number of carbonyl (C=O) groups is 1. The SMILES string of the molecule is CC(=O)c1cc(-c2ccc(C(F)(F)F)cc2)oc1-c1ccccc1O. The summed E-state index contributed by atoms with van der Waals surface area (Å²) in [5.74, 6) is 0.0937. The van der Waals surface area contributed by atoms with Crippen molar-refractivity contribution in [3.8, 4) is 28.4 Å². The maximum Gasteiger partial charge on any atom is 0.416 e. The van der Waals surface area contributed by atoms with Gasteiger partial charge in [0.25, 0.3) is 0 Å². The molecular formula is C19H13F3O3. The van der Waals surface area contributed by atoms with Crippen LogP contribution in [0.2, 0.25) is 0 Å². The molecule has 1 N–H and O–H groups in total. The first kappa shape index (κ1) is 16.8. The van der Waals surface area contributed by atoms with Crippen LogP contribution >= 0.6 is 0 Å². The number of benzene rings is 2. The van der Waals surface area contributed by atoms with Gasteiger partial charge in [-0.1, -0.05) is 24.3 Å². The standard InChI is InChI=1S/C19H13F3O3/c1-11(23)15-10-17(12-6-8-13(9-7-12)19(20,21)22)25-18(15)14-4-2-3-5-16(14)24/h2-10,24H,1H3. The zero-order chi connectivity index (χ0) is 18.2. The van der Waals surface area contributed by atoms with Crippen molar-refractivity contribution in [2.45, 2.75) is 13.1 Å². The van der Waals surface area contributed by atoms with E-state index in [4.69, 9.17) is 4.42 Å². The Balaban J connectivity index is 2.09. The maximum absolute atomic E-state index is 12.7. The summed E-state index contributed by atoms with van der Waals surface area (Å²) in [6.07, 6.45) is -4.42. The first-order valence-electron chi connectivity index (χ1n) is 7.38. The second kappa shape index (κ2) is 6.12. The number of phenolic OH excluding ortho intramolecular Hbond substituents is 1. The molecule has 3 aromatic rings. The molecular weight excluding hydrogens is 333 g/mol. The lowest BCUT2D eigenvalue weighted by Gasteiger charge is -2.06. The highest BCUT2D eigenvalue weighted by Crippen LogP contribution is 2.38. The number of rotatable bonds is 3. The van der Waals surface area contributed by atoms with E-state index in [2.05, 4.69) is 0 Å². The Bertz CT molecular complexity index is 922. The number of hydrogen-bond donors (Lipinski definition) is 1. The van der Waals surface area contributed by atoms with Crippen LogP contribution in [-0.4, -0.2) is 10.9 Å². The van der Waals surface area contributed by atoms with Crippen LogP contribution in [0.15, 0.2) is 59.0 Å². The van der Waals surface area contributed by atoms with Gasteiger partial charge in [-0.2, -0.15) is 13.2 Å². The van der Waals surface area contributed by atoms with Gasteiger partial charge in [-0.3, -0.25) is 4.79 Å². The molecule has 0 amide bonds. The summed E-state index contributed by atoms with van der Waals surface area (Å²) < 4.78 is 43.7. The molecule has 6 heteroatoms. The average Bonchev–Trinajstić information content (AvgIpc) is 3.00. The lowest BCUT2D eigenvalue weighted by atomic mass is 10.0. The third-order valence-electron chi connectivity index (χ3n) is 3.76. The van der Waals surface area contributed by atoms with E-state index in [-0.39, 0.29) is 28.6 Å². The molecule has 128 valence electrons. The Morgan fingerprint density at radius 3 is 2.24 bits per heavy atom. The molecule has 0 fully saturated rings. The zero-order valence-electron chi connectivity index (χ0n) is 13.1. The number of carbonyl (C=O) groups excluding carboxylic acids is 1. The molecule has 0 atom stereocenters. The minimum absolute atomic E-state index is 0.0571. The Hall–Kier alpha value is -3.02. The van der Waals surface area contributed by atoms with Crippen LogP contribution < -0.4 is 0 Å². The summed E-state index contributed by atoms with van der Waals surface area (Å²) in [5.41, 5.74) is 0.218. The molecule has 1 heterocycles. The smallest absolute Gasteiger partial charge is 0.416 e. The predicted molar refractivity (Wildman–Crippen MR) is 86.3 cm³/mol. The number of para-hydroxylation sites is 1. The number of furan rings is 1. The van der Waals surface area contributed by atoms with Crippen LogP contribution in [-0.2, 0) is 6.18 Å². The second-order valence-electron chi connectivity index (χ2n) is 5.50.